The molecule has 0 saturated carbocycles. The van der Waals surface area contributed by atoms with Crippen molar-refractivity contribution in [3.63, 3.8) is 0 Å². The average molecular weight is 277 g/mol. The predicted molar refractivity (Wildman–Crippen MR) is 80.6 cm³/mol. The second-order valence-electron chi connectivity index (χ2n) is 6.01. The number of rotatable bonds is 4. The summed E-state index contributed by atoms with van der Waals surface area (Å²) in [6.45, 7) is 5.58. The van der Waals surface area contributed by atoms with Crippen LogP contribution in [0.4, 0.5) is 10.1 Å². The van der Waals surface area contributed by atoms with Gasteiger partial charge in [0.25, 0.3) is 0 Å². The quantitative estimate of drug-likeness (QED) is 0.881. The Morgan fingerprint density at radius 2 is 1.90 bits per heavy atom. The van der Waals surface area contributed by atoms with Crippen molar-refractivity contribution < 1.29 is 4.39 Å². The lowest BCUT2D eigenvalue weighted by Crippen LogP contribution is -2.39. The zero-order chi connectivity index (χ0) is 13.8. The number of anilines is 1. The molecule has 2 N–H and O–H groups in total. The maximum absolute atomic E-state index is 12.9. The van der Waals surface area contributed by atoms with Gasteiger partial charge in [-0.05, 0) is 69.1 Å². The van der Waals surface area contributed by atoms with E-state index in [2.05, 4.69) is 15.5 Å². The van der Waals surface area contributed by atoms with Crippen LogP contribution in [-0.2, 0) is 0 Å². The van der Waals surface area contributed by atoms with E-state index >= 15 is 0 Å². The van der Waals surface area contributed by atoms with E-state index in [-0.39, 0.29) is 5.82 Å². The van der Waals surface area contributed by atoms with Gasteiger partial charge in [0.05, 0.1) is 0 Å². The van der Waals surface area contributed by atoms with Crippen molar-refractivity contribution in [2.24, 2.45) is 5.92 Å². The van der Waals surface area contributed by atoms with Crippen LogP contribution in [0.3, 0.4) is 0 Å². The summed E-state index contributed by atoms with van der Waals surface area (Å²) < 4.78 is 12.9. The minimum Gasteiger partial charge on any atom is -0.370 e. The first-order valence-electron chi connectivity index (χ1n) is 7.76. The Bertz CT molecular complexity index is 414. The number of halogens is 1. The highest BCUT2D eigenvalue weighted by molar-refractivity contribution is 5.47. The zero-order valence-corrected chi connectivity index (χ0v) is 11.9. The molecule has 0 spiro atoms. The van der Waals surface area contributed by atoms with Gasteiger partial charge in [-0.15, -0.1) is 0 Å². The van der Waals surface area contributed by atoms with E-state index in [0.29, 0.717) is 6.04 Å². The standard InChI is InChI=1S/C16H24FN3/c17-14-1-3-16(4-2-14)20-10-7-15(12-20)19-11-13-5-8-18-9-6-13/h1-4,13,15,18-19H,5-12H2. The highest BCUT2D eigenvalue weighted by Gasteiger charge is 2.23. The molecule has 0 aliphatic carbocycles. The van der Waals surface area contributed by atoms with Crippen molar-refractivity contribution in [2.45, 2.75) is 25.3 Å². The van der Waals surface area contributed by atoms with Crippen LogP contribution in [0.25, 0.3) is 0 Å². The van der Waals surface area contributed by atoms with E-state index in [1.54, 1.807) is 12.1 Å². The third-order valence-corrected chi connectivity index (χ3v) is 4.53. The van der Waals surface area contributed by atoms with Gasteiger partial charge in [-0.1, -0.05) is 0 Å². The topological polar surface area (TPSA) is 27.3 Å². The molecular weight excluding hydrogens is 253 g/mol. The van der Waals surface area contributed by atoms with Crippen LogP contribution >= 0.6 is 0 Å². The Kier molecular flexibility index (Phi) is 4.53. The van der Waals surface area contributed by atoms with Gasteiger partial charge in [-0.2, -0.15) is 0 Å². The number of nitrogens with zero attached hydrogens (tertiary/aromatic N) is 1. The van der Waals surface area contributed by atoms with Gasteiger partial charge >= 0.3 is 0 Å². The molecule has 1 atom stereocenters. The summed E-state index contributed by atoms with van der Waals surface area (Å²) in [5.74, 6) is 0.671. The molecule has 0 amide bonds. The normalized spacial score (nSPS) is 24.2. The summed E-state index contributed by atoms with van der Waals surface area (Å²) in [4.78, 5) is 2.35. The zero-order valence-electron chi connectivity index (χ0n) is 11.9. The molecule has 0 bridgehead atoms. The van der Waals surface area contributed by atoms with Gasteiger partial charge in [-0.3, -0.25) is 0 Å². The Morgan fingerprint density at radius 1 is 1.15 bits per heavy atom. The molecule has 3 rings (SSSR count). The summed E-state index contributed by atoms with van der Waals surface area (Å²) in [6.07, 6.45) is 3.77. The molecular formula is C16H24FN3. The van der Waals surface area contributed by atoms with E-state index < -0.39 is 0 Å². The van der Waals surface area contributed by atoms with E-state index in [1.165, 1.54) is 32.4 Å². The number of nitrogens with one attached hydrogen (secondary N) is 2. The van der Waals surface area contributed by atoms with Gasteiger partial charge < -0.3 is 15.5 Å². The predicted octanol–water partition coefficient (Wildman–Crippen LogP) is 1.99. The third kappa shape index (κ3) is 3.49. The van der Waals surface area contributed by atoms with Crippen molar-refractivity contribution in [2.75, 3.05) is 37.6 Å². The fourth-order valence-corrected chi connectivity index (χ4v) is 3.23. The molecule has 0 aromatic heterocycles. The van der Waals surface area contributed by atoms with Crippen molar-refractivity contribution in [1.29, 1.82) is 0 Å². The SMILES string of the molecule is Fc1ccc(N2CCC(NCC3CCNCC3)C2)cc1. The third-order valence-electron chi connectivity index (χ3n) is 4.53. The van der Waals surface area contributed by atoms with Crippen molar-refractivity contribution in [3.8, 4) is 0 Å². The first kappa shape index (κ1) is 13.8. The van der Waals surface area contributed by atoms with Gasteiger partial charge in [-0.25, -0.2) is 4.39 Å². The van der Waals surface area contributed by atoms with E-state index in [1.807, 2.05) is 12.1 Å². The van der Waals surface area contributed by atoms with Gasteiger partial charge in [0.2, 0.25) is 0 Å². The number of hydrogen-bond donors (Lipinski definition) is 2. The van der Waals surface area contributed by atoms with E-state index in [0.717, 1.165) is 31.2 Å². The molecule has 2 aliphatic heterocycles. The van der Waals surface area contributed by atoms with E-state index in [9.17, 15) is 4.39 Å². The Hall–Kier alpha value is -1.13. The smallest absolute Gasteiger partial charge is 0.123 e. The first-order chi connectivity index (χ1) is 9.81. The lowest BCUT2D eigenvalue weighted by Gasteiger charge is -2.25. The molecule has 2 fully saturated rings. The van der Waals surface area contributed by atoms with Gasteiger partial charge in [0.1, 0.15) is 5.82 Å². The fraction of sp³-hybridized carbons (Fsp3) is 0.625. The second kappa shape index (κ2) is 6.55. The maximum atomic E-state index is 12.9. The summed E-state index contributed by atoms with van der Waals surface area (Å²) in [7, 11) is 0. The lowest BCUT2D eigenvalue weighted by atomic mass is 9.98. The molecule has 1 aromatic carbocycles. The molecule has 2 saturated heterocycles. The Morgan fingerprint density at radius 3 is 2.65 bits per heavy atom. The molecule has 110 valence electrons. The van der Waals surface area contributed by atoms with Gasteiger partial charge in [0.15, 0.2) is 0 Å². The van der Waals surface area contributed by atoms with Crippen LogP contribution in [0, 0.1) is 11.7 Å². The summed E-state index contributed by atoms with van der Waals surface area (Å²) in [5.41, 5.74) is 1.14. The highest BCUT2D eigenvalue weighted by atomic mass is 19.1. The van der Waals surface area contributed by atoms with Crippen LogP contribution < -0.4 is 15.5 Å². The Labute approximate surface area is 120 Å². The molecule has 2 heterocycles. The molecule has 20 heavy (non-hydrogen) atoms. The molecule has 0 radical (unpaired) electrons. The average Bonchev–Trinajstić information content (AvgIpc) is 2.96. The molecule has 1 aromatic rings. The summed E-state index contributed by atoms with van der Waals surface area (Å²) >= 11 is 0. The molecule has 1 unspecified atom stereocenters. The monoisotopic (exact) mass is 277 g/mol. The number of hydrogen-bond acceptors (Lipinski definition) is 3. The van der Waals surface area contributed by atoms with Crippen molar-refractivity contribution >= 4 is 5.69 Å². The molecule has 4 heteroatoms. The van der Waals surface area contributed by atoms with E-state index in [4.69, 9.17) is 0 Å². The summed E-state index contributed by atoms with van der Waals surface area (Å²) in [6, 6.07) is 7.43. The lowest BCUT2D eigenvalue weighted by molar-refractivity contribution is 0.343. The minimum absolute atomic E-state index is 0.159. The highest BCUT2D eigenvalue weighted by Crippen LogP contribution is 2.21. The van der Waals surface area contributed by atoms with Crippen LogP contribution in [0.15, 0.2) is 24.3 Å². The van der Waals surface area contributed by atoms with Crippen LogP contribution in [0.1, 0.15) is 19.3 Å². The number of piperidine rings is 1. The van der Waals surface area contributed by atoms with Crippen molar-refractivity contribution in [3.05, 3.63) is 30.1 Å². The van der Waals surface area contributed by atoms with Gasteiger partial charge in [0, 0.05) is 24.8 Å². The summed E-state index contributed by atoms with van der Waals surface area (Å²) in [5, 5.41) is 7.13. The fourth-order valence-electron chi connectivity index (χ4n) is 3.23. The van der Waals surface area contributed by atoms with Crippen LogP contribution in [-0.4, -0.2) is 38.8 Å². The molecule has 3 nitrogen and oxygen atoms in total. The van der Waals surface area contributed by atoms with Crippen LogP contribution in [0.2, 0.25) is 0 Å². The second-order valence-corrected chi connectivity index (χ2v) is 6.01. The number of benzene rings is 1. The minimum atomic E-state index is -0.159. The largest absolute Gasteiger partial charge is 0.370 e. The van der Waals surface area contributed by atoms with Crippen molar-refractivity contribution in [1.82, 2.24) is 10.6 Å². The maximum Gasteiger partial charge on any atom is 0.123 e. The van der Waals surface area contributed by atoms with Crippen LogP contribution in [0.5, 0.6) is 0 Å². The Balaban J connectivity index is 1.45. The molecule has 2 aliphatic rings. The first-order valence-corrected chi connectivity index (χ1v) is 7.76.